The van der Waals surface area contributed by atoms with E-state index in [9.17, 15) is 4.79 Å². The second-order valence-electron chi connectivity index (χ2n) is 7.00. The van der Waals surface area contributed by atoms with Crippen molar-refractivity contribution < 1.29 is 4.79 Å². The van der Waals surface area contributed by atoms with Gasteiger partial charge < -0.3 is 11.1 Å². The first-order chi connectivity index (χ1) is 8.61. The van der Waals surface area contributed by atoms with Gasteiger partial charge in [-0.15, -0.1) is 0 Å². The predicted molar refractivity (Wildman–Crippen MR) is 79.7 cm³/mol. The monoisotopic (exact) mass is 262 g/mol. The molecule has 1 unspecified atom stereocenters. The molecule has 0 spiro atoms. The molecule has 1 aromatic rings. The van der Waals surface area contributed by atoms with E-state index < -0.39 is 6.04 Å². The number of nitrogens with one attached hydrogen (secondary N) is 1. The third-order valence-electron chi connectivity index (χ3n) is 2.88. The highest BCUT2D eigenvalue weighted by atomic mass is 16.2. The van der Waals surface area contributed by atoms with Gasteiger partial charge >= 0.3 is 0 Å². The molecule has 0 bridgehead atoms. The van der Waals surface area contributed by atoms with Gasteiger partial charge in [-0.1, -0.05) is 51.1 Å². The number of hydrogen-bond donors (Lipinski definition) is 2. The maximum Gasteiger partial charge on any atom is 0.241 e. The van der Waals surface area contributed by atoms with E-state index >= 15 is 0 Å². The Bertz CT molecular complexity index is 418. The molecular weight excluding hydrogens is 236 g/mol. The van der Waals surface area contributed by atoms with Crippen LogP contribution in [0.1, 0.15) is 52.6 Å². The first-order valence-corrected chi connectivity index (χ1v) is 6.73. The second-order valence-corrected chi connectivity index (χ2v) is 7.00. The average molecular weight is 262 g/mol. The SMILES string of the molecule is CC(C)(C)CC(C)(C)NC(=O)C(N)c1ccccc1. The molecule has 0 aliphatic carbocycles. The molecule has 0 fully saturated rings. The number of carbonyl (C=O) groups excluding carboxylic acids is 1. The van der Waals surface area contributed by atoms with Gasteiger partial charge in [0.2, 0.25) is 5.91 Å². The number of amides is 1. The van der Waals surface area contributed by atoms with Crippen molar-refractivity contribution in [3.8, 4) is 0 Å². The zero-order valence-electron chi connectivity index (χ0n) is 12.7. The fourth-order valence-corrected chi connectivity index (χ4v) is 2.59. The molecule has 106 valence electrons. The normalized spacial score (nSPS) is 14.0. The topological polar surface area (TPSA) is 55.1 Å². The van der Waals surface area contributed by atoms with Crippen LogP contribution in [-0.4, -0.2) is 11.4 Å². The van der Waals surface area contributed by atoms with Crippen molar-refractivity contribution >= 4 is 5.91 Å². The molecule has 0 aliphatic rings. The van der Waals surface area contributed by atoms with Gasteiger partial charge in [0.1, 0.15) is 6.04 Å². The molecule has 1 aromatic carbocycles. The van der Waals surface area contributed by atoms with Gasteiger partial charge in [0, 0.05) is 5.54 Å². The minimum absolute atomic E-state index is 0.125. The largest absolute Gasteiger partial charge is 0.350 e. The summed E-state index contributed by atoms with van der Waals surface area (Å²) in [5.74, 6) is -0.125. The van der Waals surface area contributed by atoms with Crippen molar-refractivity contribution in [1.29, 1.82) is 0 Å². The van der Waals surface area contributed by atoms with Crippen molar-refractivity contribution in [2.75, 3.05) is 0 Å². The van der Waals surface area contributed by atoms with Crippen LogP contribution >= 0.6 is 0 Å². The molecule has 1 atom stereocenters. The van der Waals surface area contributed by atoms with E-state index in [0.29, 0.717) is 0 Å². The summed E-state index contributed by atoms with van der Waals surface area (Å²) in [4.78, 5) is 12.2. The smallest absolute Gasteiger partial charge is 0.241 e. The van der Waals surface area contributed by atoms with E-state index in [1.165, 1.54) is 0 Å². The van der Waals surface area contributed by atoms with E-state index in [0.717, 1.165) is 12.0 Å². The van der Waals surface area contributed by atoms with Crippen LogP contribution in [0, 0.1) is 5.41 Å². The van der Waals surface area contributed by atoms with Crippen molar-refractivity contribution in [1.82, 2.24) is 5.32 Å². The Morgan fingerprint density at radius 3 is 2.16 bits per heavy atom. The molecule has 0 aromatic heterocycles. The lowest BCUT2D eigenvalue weighted by molar-refractivity contribution is -0.124. The van der Waals surface area contributed by atoms with Crippen LogP contribution in [0.4, 0.5) is 0 Å². The summed E-state index contributed by atoms with van der Waals surface area (Å²) in [7, 11) is 0. The zero-order valence-corrected chi connectivity index (χ0v) is 12.7. The third-order valence-corrected chi connectivity index (χ3v) is 2.88. The van der Waals surface area contributed by atoms with Gasteiger partial charge in [-0.3, -0.25) is 4.79 Å². The first-order valence-electron chi connectivity index (χ1n) is 6.73. The third kappa shape index (κ3) is 5.43. The summed E-state index contributed by atoms with van der Waals surface area (Å²) in [6, 6.07) is 8.84. The molecule has 3 nitrogen and oxygen atoms in total. The van der Waals surface area contributed by atoms with Crippen LogP contribution in [0.5, 0.6) is 0 Å². The highest BCUT2D eigenvalue weighted by Gasteiger charge is 2.29. The van der Waals surface area contributed by atoms with Crippen LogP contribution in [0.3, 0.4) is 0 Å². The molecule has 0 heterocycles. The number of rotatable bonds is 4. The lowest BCUT2D eigenvalue weighted by Crippen LogP contribution is -2.49. The predicted octanol–water partition coefficient (Wildman–Crippen LogP) is 3.02. The Morgan fingerprint density at radius 1 is 1.16 bits per heavy atom. The molecule has 19 heavy (non-hydrogen) atoms. The summed E-state index contributed by atoms with van der Waals surface area (Å²) in [5, 5.41) is 3.05. The van der Waals surface area contributed by atoms with Gasteiger partial charge in [0.25, 0.3) is 0 Å². The number of hydrogen-bond acceptors (Lipinski definition) is 2. The molecule has 3 N–H and O–H groups in total. The first kappa shape index (κ1) is 15.7. The van der Waals surface area contributed by atoms with Gasteiger partial charge in [0.15, 0.2) is 0 Å². The molecule has 0 saturated carbocycles. The zero-order chi connectivity index (χ0) is 14.7. The highest BCUT2D eigenvalue weighted by Crippen LogP contribution is 2.27. The maximum absolute atomic E-state index is 12.2. The summed E-state index contributed by atoms with van der Waals surface area (Å²) in [5.41, 5.74) is 6.73. The molecule has 0 aliphatic heterocycles. The summed E-state index contributed by atoms with van der Waals surface area (Å²) < 4.78 is 0. The van der Waals surface area contributed by atoms with Crippen LogP contribution in [-0.2, 0) is 4.79 Å². The van der Waals surface area contributed by atoms with E-state index in [4.69, 9.17) is 5.73 Å². The van der Waals surface area contributed by atoms with E-state index in [-0.39, 0.29) is 16.9 Å². The van der Waals surface area contributed by atoms with Crippen LogP contribution < -0.4 is 11.1 Å². The van der Waals surface area contributed by atoms with E-state index in [1.54, 1.807) is 0 Å². The Balaban J connectivity index is 2.69. The van der Waals surface area contributed by atoms with Gasteiger partial charge in [-0.05, 0) is 31.2 Å². The molecule has 0 radical (unpaired) electrons. The second kappa shape index (κ2) is 5.74. The number of nitrogens with two attached hydrogens (primary N) is 1. The molecule has 1 rings (SSSR count). The van der Waals surface area contributed by atoms with Crippen LogP contribution in [0.2, 0.25) is 0 Å². The van der Waals surface area contributed by atoms with Crippen molar-refractivity contribution in [2.45, 2.75) is 52.6 Å². The fourth-order valence-electron chi connectivity index (χ4n) is 2.59. The lowest BCUT2D eigenvalue weighted by atomic mass is 9.81. The summed E-state index contributed by atoms with van der Waals surface area (Å²) in [6.45, 7) is 10.6. The standard InChI is InChI=1S/C16H26N2O/c1-15(2,3)11-16(4,5)18-14(19)13(17)12-9-7-6-8-10-12/h6-10,13H,11,17H2,1-5H3,(H,18,19). The highest BCUT2D eigenvalue weighted by molar-refractivity contribution is 5.83. The lowest BCUT2D eigenvalue weighted by Gasteiger charge is -2.34. The minimum atomic E-state index is -0.611. The minimum Gasteiger partial charge on any atom is -0.350 e. The van der Waals surface area contributed by atoms with Gasteiger partial charge in [0.05, 0.1) is 0 Å². The Hall–Kier alpha value is -1.35. The summed E-state index contributed by atoms with van der Waals surface area (Å²) in [6.07, 6.45) is 0.896. The van der Waals surface area contributed by atoms with E-state index in [1.807, 2.05) is 44.2 Å². The van der Waals surface area contributed by atoms with Crippen LogP contribution in [0.25, 0.3) is 0 Å². The molecule has 1 amide bonds. The van der Waals surface area contributed by atoms with E-state index in [2.05, 4.69) is 26.1 Å². The quantitative estimate of drug-likeness (QED) is 0.876. The number of benzene rings is 1. The average Bonchev–Trinajstić information content (AvgIpc) is 2.25. The fraction of sp³-hybridized carbons (Fsp3) is 0.562. The van der Waals surface area contributed by atoms with Crippen LogP contribution in [0.15, 0.2) is 30.3 Å². The Labute approximate surface area is 116 Å². The Morgan fingerprint density at radius 2 is 1.68 bits per heavy atom. The number of carbonyl (C=O) groups is 1. The summed E-state index contributed by atoms with van der Waals surface area (Å²) >= 11 is 0. The van der Waals surface area contributed by atoms with Gasteiger partial charge in [-0.25, -0.2) is 0 Å². The van der Waals surface area contributed by atoms with Crippen molar-refractivity contribution in [2.24, 2.45) is 11.1 Å². The molecule has 0 saturated heterocycles. The molecular formula is C16H26N2O. The maximum atomic E-state index is 12.2. The van der Waals surface area contributed by atoms with Crippen molar-refractivity contribution in [3.05, 3.63) is 35.9 Å². The van der Waals surface area contributed by atoms with Crippen molar-refractivity contribution in [3.63, 3.8) is 0 Å². The Kier molecular flexibility index (Phi) is 4.75. The van der Waals surface area contributed by atoms with Gasteiger partial charge in [-0.2, -0.15) is 0 Å². The molecule has 3 heteroatoms.